The first-order valence-corrected chi connectivity index (χ1v) is 21.6. The van der Waals surface area contributed by atoms with E-state index in [1.165, 1.54) is 12.0 Å². The Morgan fingerprint density at radius 3 is 1.03 bits per heavy atom. The van der Waals surface area contributed by atoms with Crippen molar-refractivity contribution in [3.05, 3.63) is 139 Å². The monoisotopic (exact) mass is 902 g/mol. The van der Waals surface area contributed by atoms with Gasteiger partial charge in [-0.25, -0.2) is 43.3 Å². The van der Waals surface area contributed by atoms with Crippen LogP contribution in [-0.4, -0.2) is 88.4 Å². The number of carbonyl (C=O) groups is 5. The third-order valence-electron chi connectivity index (χ3n) is 10.1. The van der Waals surface area contributed by atoms with Gasteiger partial charge in [-0.15, -0.1) is 0 Å². The number of aliphatic carboxylic acids is 2. The fraction of sp³-hybridized carbons (Fsp3) is 0.435. The molecule has 19 heteroatoms. The molecule has 350 valence electrons. The van der Waals surface area contributed by atoms with Crippen LogP contribution in [0.1, 0.15) is 87.8 Å². The maximum Gasteiger partial charge on any atom is 0.336 e. The Labute approximate surface area is 375 Å². The normalized spacial score (nSPS) is 11.0. The molecule has 0 aliphatic rings. The summed E-state index contributed by atoms with van der Waals surface area (Å²) in [6.45, 7) is 1.52. The van der Waals surface area contributed by atoms with Crippen molar-refractivity contribution in [2.24, 2.45) is 0 Å². The molecule has 4 rings (SSSR count). The van der Waals surface area contributed by atoms with Crippen LogP contribution in [0.4, 0.5) is 0 Å². The van der Waals surface area contributed by atoms with E-state index in [4.69, 9.17) is 24.7 Å². The van der Waals surface area contributed by atoms with E-state index in [0.717, 1.165) is 40.5 Å². The molecule has 3 amide bonds. The summed E-state index contributed by atoms with van der Waals surface area (Å²) in [5.41, 5.74) is -0.0913. The summed E-state index contributed by atoms with van der Waals surface area (Å²) in [5.74, 6) is -3.69. The summed E-state index contributed by atoms with van der Waals surface area (Å²) >= 11 is 0. The molecular weight excluding hydrogens is 845 g/mol. The van der Waals surface area contributed by atoms with Crippen LogP contribution in [-0.2, 0) is 77.9 Å². The Kier molecular flexibility index (Phi) is 21.5. The maximum absolute atomic E-state index is 13.9. The fourth-order valence-corrected chi connectivity index (χ4v) is 6.53. The van der Waals surface area contributed by atoms with Crippen LogP contribution < -0.4 is 17.1 Å². The van der Waals surface area contributed by atoms with Gasteiger partial charge in [-0.05, 0) is 55.2 Å². The van der Waals surface area contributed by atoms with E-state index in [1.807, 2.05) is 91.0 Å². The van der Waals surface area contributed by atoms with Crippen LogP contribution in [0.15, 0.2) is 105 Å². The predicted octanol–water partition coefficient (Wildman–Crippen LogP) is 4.14. The number of rotatable bonds is 30. The van der Waals surface area contributed by atoms with E-state index in [1.54, 1.807) is 0 Å². The average molecular weight is 903 g/mol. The fourth-order valence-electron chi connectivity index (χ4n) is 6.53. The molecule has 0 saturated carbocycles. The average Bonchev–Trinajstić information content (AvgIpc) is 3.30. The van der Waals surface area contributed by atoms with E-state index < -0.39 is 53.7 Å². The van der Waals surface area contributed by atoms with Crippen LogP contribution in [0.2, 0.25) is 0 Å². The van der Waals surface area contributed by atoms with Gasteiger partial charge in [-0.1, -0.05) is 91.0 Å². The van der Waals surface area contributed by atoms with E-state index in [0.29, 0.717) is 6.42 Å². The first-order chi connectivity index (χ1) is 31.3. The molecular formula is C46H58N6O13. The molecule has 0 aliphatic carbocycles. The maximum atomic E-state index is 13.9. The highest BCUT2D eigenvalue weighted by Gasteiger charge is 2.20. The molecule has 19 nitrogen and oxygen atoms in total. The first kappa shape index (κ1) is 50.9. The zero-order valence-corrected chi connectivity index (χ0v) is 36.7. The highest BCUT2D eigenvalue weighted by molar-refractivity contribution is 5.80. The van der Waals surface area contributed by atoms with Gasteiger partial charge in [-0.2, -0.15) is 0 Å². The van der Waals surface area contributed by atoms with Gasteiger partial charge in [-0.3, -0.25) is 38.5 Å². The highest BCUT2D eigenvalue weighted by Crippen LogP contribution is 2.11. The predicted molar refractivity (Wildman–Crippen MR) is 235 cm³/mol. The minimum absolute atomic E-state index is 0.0287. The summed E-state index contributed by atoms with van der Waals surface area (Å²) in [4.78, 5) is 119. The second-order valence-electron chi connectivity index (χ2n) is 15.1. The smallest absolute Gasteiger partial charge is 0.336 e. The van der Waals surface area contributed by atoms with Crippen LogP contribution in [0, 0.1) is 0 Å². The van der Waals surface area contributed by atoms with Gasteiger partial charge < -0.3 is 10.2 Å². The van der Waals surface area contributed by atoms with Crippen molar-refractivity contribution in [1.29, 1.82) is 0 Å². The quantitative estimate of drug-likeness (QED) is 0.0555. The number of aromatic nitrogens is 3. The van der Waals surface area contributed by atoms with Crippen LogP contribution in [0.3, 0.4) is 0 Å². The van der Waals surface area contributed by atoms with Crippen molar-refractivity contribution in [2.75, 3.05) is 19.6 Å². The third-order valence-corrected chi connectivity index (χ3v) is 10.1. The van der Waals surface area contributed by atoms with Gasteiger partial charge in [0.2, 0.25) is 17.7 Å². The Hall–Kier alpha value is -6.70. The molecule has 0 radical (unpaired) electrons. The number of hydrogen-bond acceptors (Lipinski definition) is 11. The van der Waals surface area contributed by atoms with Gasteiger partial charge in [0, 0.05) is 59.0 Å². The number of unbranched alkanes of at least 4 members (excludes halogenated alkanes) is 3. The molecule has 0 fully saturated rings. The molecule has 0 saturated heterocycles. The van der Waals surface area contributed by atoms with Crippen molar-refractivity contribution >= 4 is 29.7 Å². The van der Waals surface area contributed by atoms with Gasteiger partial charge in [0.05, 0.1) is 12.8 Å². The lowest BCUT2D eigenvalue weighted by Gasteiger charge is -2.22. The molecule has 0 unspecified atom stereocenters. The molecule has 3 aromatic carbocycles. The lowest BCUT2D eigenvalue weighted by atomic mass is 10.2. The second-order valence-corrected chi connectivity index (χ2v) is 15.1. The minimum atomic E-state index is -1.14. The Morgan fingerprint density at radius 1 is 0.446 bits per heavy atom. The summed E-state index contributed by atoms with van der Waals surface area (Å²) in [6, 6.07) is 27.4. The van der Waals surface area contributed by atoms with Crippen molar-refractivity contribution in [3.63, 3.8) is 0 Å². The standard InChI is InChI=1S/C46H58N6O13/c1-36(53)50(63-33-37-17-5-2-6-18-37)30-14-11-27-47-44(60)48(28-12-15-31-51(40(54)23-25-42(56)57)64-34-38-19-7-3-8-20-38)46(62)49(45(47)61)29-13-16-32-52(41(55)24-26-43(58)59)65-35-39-21-9-4-10-22-39/h2-10,17-22H,11-16,23-35H2,1H3,(H,56,57)(H,58,59). The molecule has 1 heterocycles. The molecule has 0 spiro atoms. The molecule has 2 N–H and O–H groups in total. The number of carbonyl (C=O) groups excluding carboxylic acids is 3. The molecule has 0 aliphatic heterocycles. The summed E-state index contributed by atoms with van der Waals surface area (Å²) < 4.78 is 2.89. The Morgan fingerprint density at radius 2 is 0.738 bits per heavy atom. The number of nitrogens with zero attached hydrogens (tertiary/aromatic N) is 6. The number of carboxylic acid groups (broad SMARTS) is 2. The molecule has 0 atom stereocenters. The first-order valence-electron chi connectivity index (χ1n) is 21.6. The summed E-state index contributed by atoms with van der Waals surface area (Å²) in [7, 11) is 0. The van der Waals surface area contributed by atoms with E-state index in [-0.39, 0.29) is 110 Å². The topological polar surface area (TPSA) is 229 Å². The SMILES string of the molecule is CC(=O)N(CCCCn1c(=O)n(CCCCN(OCc2ccccc2)C(=O)CCC(=O)O)c(=O)n(CCCCN(OCc2ccccc2)C(=O)CCC(=O)O)c1=O)OCc1ccccc1. The third kappa shape index (κ3) is 17.8. The largest absolute Gasteiger partial charge is 0.481 e. The van der Waals surface area contributed by atoms with Gasteiger partial charge >= 0.3 is 29.0 Å². The minimum Gasteiger partial charge on any atom is -0.481 e. The number of carboxylic acids is 2. The summed E-state index contributed by atoms with van der Waals surface area (Å²) in [6.07, 6.45) is 0.126. The molecule has 1 aromatic heterocycles. The van der Waals surface area contributed by atoms with Gasteiger partial charge in [0.15, 0.2) is 0 Å². The van der Waals surface area contributed by atoms with Crippen molar-refractivity contribution in [3.8, 4) is 0 Å². The van der Waals surface area contributed by atoms with Gasteiger partial charge in [0.1, 0.15) is 19.8 Å². The zero-order valence-electron chi connectivity index (χ0n) is 36.7. The highest BCUT2D eigenvalue weighted by atomic mass is 16.7. The lowest BCUT2D eigenvalue weighted by Crippen LogP contribution is -2.54. The summed E-state index contributed by atoms with van der Waals surface area (Å²) in [5, 5.41) is 21.7. The zero-order chi connectivity index (χ0) is 47.0. The second kappa shape index (κ2) is 27.5. The molecule has 0 bridgehead atoms. The van der Waals surface area contributed by atoms with E-state index in [9.17, 15) is 38.4 Å². The van der Waals surface area contributed by atoms with Crippen molar-refractivity contribution in [1.82, 2.24) is 28.9 Å². The lowest BCUT2D eigenvalue weighted by molar-refractivity contribution is -0.192. The Bertz CT molecular complexity index is 2190. The van der Waals surface area contributed by atoms with Crippen LogP contribution >= 0.6 is 0 Å². The van der Waals surface area contributed by atoms with Crippen molar-refractivity contribution < 1.29 is 48.7 Å². The molecule has 65 heavy (non-hydrogen) atoms. The number of benzene rings is 3. The van der Waals surface area contributed by atoms with E-state index >= 15 is 0 Å². The van der Waals surface area contributed by atoms with Crippen LogP contribution in [0.25, 0.3) is 0 Å². The number of hydrogen-bond donors (Lipinski definition) is 2. The van der Waals surface area contributed by atoms with Crippen LogP contribution in [0.5, 0.6) is 0 Å². The van der Waals surface area contributed by atoms with Gasteiger partial charge in [0.25, 0.3) is 0 Å². The van der Waals surface area contributed by atoms with E-state index in [2.05, 4.69) is 0 Å². The Balaban J connectivity index is 1.49. The van der Waals surface area contributed by atoms with Crippen molar-refractivity contribution in [2.45, 2.75) is 111 Å². The number of hydroxylamine groups is 6. The molecule has 4 aromatic rings. The number of amides is 3.